The van der Waals surface area contributed by atoms with Gasteiger partial charge in [0, 0.05) is 12.8 Å². The lowest BCUT2D eigenvalue weighted by Gasteiger charge is -2.16. The minimum absolute atomic E-state index is 0.183. The molecule has 122 valence electrons. The zero-order chi connectivity index (χ0) is 16.8. The van der Waals surface area contributed by atoms with Gasteiger partial charge in [0.1, 0.15) is 5.75 Å². The molecule has 4 heteroatoms. The predicted molar refractivity (Wildman–Crippen MR) is 91.8 cm³/mol. The summed E-state index contributed by atoms with van der Waals surface area (Å²) in [6.07, 6.45) is -0.580. The molecule has 23 heavy (non-hydrogen) atoms. The van der Waals surface area contributed by atoms with Crippen molar-refractivity contribution in [3.63, 3.8) is 0 Å². The summed E-state index contributed by atoms with van der Waals surface area (Å²) in [5.74, 6) is 0.515. The van der Waals surface area contributed by atoms with E-state index in [9.17, 15) is 4.79 Å². The second-order valence-electron chi connectivity index (χ2n) is 5.63. The summed E-state index contributed by atoms with van der Waals surface area (Å²) in [6.45, 7) is 6.32. The molecule has 0 aromatic heterocycles. The molecule has 2 aromatic rings. The van der Waals surface area contributed by atoms with Crippen molar-refractivity contribution in [1.29, 1.82) is 0 Å². The Balaban J connectivity index is 1.99. The monoisotopic (exact) mass is 313 g/mol. The van der Waals surface area contributed by atoms with Crippen molar-refractivity contribution < 1.29 is 14.3 Å². The van der Waals surface area contributed by atoms with Gasteiger partial charge >= 0.3 is 0 Å². The van der Waals surface area contributed by atoms with Crippen LogP contribution in [-0.2, 0) is 16.1 Å². The standard InChI is InChI=1S/C19H23NO3/c1-13-8-9-18(10-14(13)2)23-15(3)19(21)20-17-7-5-6-16(11-17)12-22-4/h5-11,15H,12H2,1-4H3,(H,20,21). The van der Waals surface area contributed by atoms with Gasteiger partial charge in [0.05, 0.1) is 6.61 Å². The third kappa shape index (κ3) is 4.83. The zero-order valence-corrected chi connectivity index (χ0v) is 14.1. The maximum absolute atomic E-state index is 12.3. The van der Waals surface area contributed by atoms with Gasteiger partial charge in [-0.3, -0.25) is 4.79 Å². The number of anilines is 1. The first-order chi connectivity index (χ1) is 11.0. The first-order valence-electron chi connectivity index (χ1n) is 7.62. The number of ether oxygens (including phenoxy) is 2. The van der Waals surface area contributed by atoms with E-state index in [0.29, 0.717) is 12.4 Å². The molecule has 0 saturated heterocycles. The summed E-state index contributed by atoms with van der Waals surface area (Å²) in [6, 6.07) is 13.4. The van der Waals surface area contributed by atoms with Crippen LogP contribution in [-0.4, -0.2) is 19.1 Å². The van der Waals surface area contributed by atoms with E-state index < -0.39 is 6.10 Å². The van der Waals surface area contributed by atoms with Crippen LogP contribution in [0.1, 0.15) is 23.6 Å². The van der Waals surface area contributed by atoms with Crippen LogP contribution in [0.4, 0.5) is 5.69 Å². The molecule has 0 aliphatic carbocycles. The van der Waals surface area contributed by atoms with E-state index in [-0.39, 0.29) is 5.91 Å². The smallest absolute Gasteiger partial charge is 0.265 e. The predicted octanol–water partition coefficient (Wildman–Crippen LogP) is 3.86. The maximum atomic E-state index is 12.3. The molecule has 2 aromatic carbocycles. The van der Waals surface area contributed by atoms with E-state index in [2.05, 4.69) is 5.32 Å². The van der Waals surface area contributed by atoms with Crippen LogP contribution in [0, 0.1) is 13.8 Å². The summed E-state index contributed by atoms with van der Waals surface area (Å²) in [5, 5.41) is 2.87. The topological polar surface area (TPSA) is 47.6 Å². The Bertz CT molecular complexity index is 682. The molecule has 0 bridgehead atoms. The van der Waals surface area contributed by atoms with Crippen molar-refractivity contribution in [2.75, 3.05) is 12.4 Å². The molecule has 1 amide bonds. The first-order valence-corrected chi connectivity index (χ1v) is 7.62. The van der Waals surface area contributed by atoms with Gasteiger partial charge in [-0.2, -0.15) is 0 Å². The molecule has 2 rings (SSSR count). The molecule has 0 aliphatic heterocycles. The lowest BCUT2D eigenvalue weighted by Crippen LogP contribution is -2.30. The van der Waals surface area contributed by atoms with Gasteiger partial charge in [-0.05, 0) is 61.7 Å². The van der Waals surface area contributed by atoms with Gasteiger partial charge in [-0.15, -0.1) is 0 Å². The molecule has 1 N–H and O–H groups in total. The average Bonchev–Trinajstić information content (AvgIpc) is 2.51. The molecule has 0 radical (unpaired) electrons. The number of hydrogen-bond acceptors (Lipinski definition) is 3. The van der Waals surface area contributed by atoms with E-state index >= 15 is 0 Å². The van der Waals surface area contributed by atoms with Crippen LogP contribution in [0.25, 0.3) is 0 Å². The van der Waals surface area contributed by atoms with Crippen molar-refractivity contribution in [2.45, 2.75) is 33.5 Å². The molecule has 1 atom stereocenters. The van der Waals surface area contributed by atoms with Gasteiger partial charge in [-0.1, -0.05) is 18.2 Å². The second-order valence-corrected chi connectivity index (χ2v) is 5.63. The fourth-order valence-corrected chi connectivity index (χ4v) is 2.19. The number of carbonyl (C=O) groups is 1. The Kier molecular flexibility index (Phi) is 5.77. The van der Waals surface area contributed by atoms with E-state index in [4.69, 9.17) is 9.47 Å². The summed E-state index contributed by atoms with van der Waals surface area (Å²) in [5.41, 5.74) is 4.08. The number of nitrogens with one attached hydrogen (secondary N) is 1. The molecule has 1 unspecified atom stereocenters. The van der Waals surface area contributed by atoms with Gasteiger partial charge in [0.25, 0.3) is 5.91 Å². The molecule has 0 heterocycles. The van der Waals surface area contributed by atoms with Gasteiger partial charge in [0.2, 0.25) is 0 Å². The van der Waals surface area contributed by atoms with E-state index in [1.807, 2.05) is 56.3 Å². The molecule has 0 aliphatic rings. The highest BCUT2D eigenvalue weighted by Gasteiger charge is 2.15. The Morgan fingerprint density at radius 3 is 2.61 bits per heavy atom. The Labute approximate surface area is 137 Å². The Morgan fingerprint density at radius 1 is 1.13 bits per heavy atom. The number of benzene rings is 2. The van der Waals surface area contributed by atoms with Crippen LogP contribution in [0.2, 0.25) is 0 Å². The van der Waals surface area contributed by atoms with Crippen molar-refractivity contribution in [1.82, 2.24) is 0 Å². The average molecular weight is 313 g/mol. The van der Waals surface area contributed by atoms with Crippen LogP contribution in [0.5, 0.6) is 5.75 Å². The van der Waals surface area contributed by atoms with Gasteiger partial charge in [0.15, 0.2) is 6.10 Å². The molecule has 4 nitrogen and oxygen atoms in total. The number of carbonyl (C=O) groups excluding carboxylic acids is 1. The van der Waals surface area contributed by atoms with Crippen LogP contribution >= 0.6 is 0 Å². The molecular formula is C19H23NO3. The highest BCUT2D eigenvalue weighted by Crippen LogP contribution is 2.18. The third-order valence-electron chi connectivity index (χ3n) is 3.67. The molecular weight excluding hydrogens is 290 g/mol. The molecule has 0 spiro atoms. The molecule has 0 fully saturated rings. The highest BCUT2D eigenvalue weighted by molar-refractivity contribution is 5.94. The number of methoxy groups -OCH3 is 1. The van der Waals surface area contributed by atoms with E-state index in [1.165, 1.54) is 5.56 Å². The highest BCUT2D eigenvalue weighted by atomic mass is 16.5. The largest absolute Gasteiger partial charge is 0.481 e. The first kappa shape index (κ1) is 17.0. The minimum atomic E-state index is -0.580. The van der Waals surface area contributed by atoms with E-state index in [1.54, 1.807) is 14.0 Å². The van der Waals surface area contributed by atoms with Crippen LogP contribution < -0.4 is 10.1 Å². The summed E-state index contributed by atoms with van der Waals surface area (Å²) < 4.78 is 10.8. The fourth-order valence-electron chi connectivity index (χ4n) is 2.19. The minimum Gasteiger partial charge on any atom is -0.481 e. The SMILES string of the molecule is COCc1cccc(NC(=O)C(C)Oc2ccc(C)c(C)c2)c1. The van der Waals surface area contributed by atoms with Gasteiger partial charge in [-0.25, -0.2) is 0 Å². The van der Waals surface area contributed by atoms with Crippen LogP contribution in [0.3, 0.4) is 0 Å². The lowest BCUT2D eigenvalue weighted by molar-refractivity contribution is -0.122. The van der Waals surface area contributed by atoms with Crippen molar-refractivity contribution >= 4 is 11.6 Å². The van der Waals surface area contributed by atoms with Crippen molar-refractivity contribution in [3.8, 4) is 5.75 Å². The lowest BCUT2D eigenvalue weighted by atomic mass is 10.1. The number of rotatable bonds is 6. The Hall–Kier alpha value is -2.33. The van der Waals surface area contributed by atoms with Crippen molar-refractivity contribution in [2.24, 2.45) is 0 Å². The molecule has 0 saturated carbocycles. The zero-order valence-electron chi connectivity index (χ0n) is 14.1. The van der Waals surface area contributed by atoms with E-state index in [0.717, 1.165) is 16.8 Å². The second kappa shape index (κ2) is 7.79. The summed E-state index contributed by atoms with van der Waals surface area (Å²) >= 11 is 0. The Morgan fingerprint density at radius 2 is 1.91 bits per heavy atom. The maximum Gasteiger partial charge on any atom is 0.265 e. The third-order valence-corrected chi connectivity index (χ3v) is 3.67. The van der Waals surface area contributed by atoms with Gasteiger partial charge < -0.3 is 14.8 Å². The number of aryl methyl sites for hydroxylation is 2. The summed E-state index contributed by atoms with van der Waals surface area (Å²) in [7, 11) is 1.64. The fraction of sp³-hybridized carbons (Fsp3) is 0.316. The quantitative estimate of drug-likeness (QED) is 0.881. The number of amides is 1. The van der Waals surface area contributed by atoms with Crippen molar-refractivity contribution in [3.05, 3.63) is 59.2 Å². The van der Waals surface area contributed by atoms with Crippen LogP contribution in [0.15, 0.2) is 42.5 Å². The summed E-state index contributed by atoms with van der Waals surface area (Å²) in [4.78, 5) is 12.3. The number of hydrogen-bond donors (Lipinski definition) is 1. The normalized spacial score (nSPS) is 11.8.